The smallest absolute Gasteiger partial charge is 0.406 e. The molecular weight excluding hydrogens is 423 g/mol. The molecule has 3 aromatic rings. The molecule has 166 valence electrons. The second-order valence-corrected chi connectivity index (χ2v) is 8.18. The second-order valence-electron chi connectivity index (χ2n) is 8.18. The number of aromatic amines is 1. The molecule has 1 aliphatic heterocycles. The van der Waals surface area contributed by atoms with Crippen LogP contribution < -0.4 is 15.0 Å². The number of carbonyl (C=O) groups excluding carboxylic acids is 1. The van der Waals surface area contributed by atoms with E-state index < -0.39 is 12.3 Å². The minimum absolute atomic E-state index is 0.326. The Balaban J connectivity index is 1.35. The summed E-state index contributed by atoms with van der Waals surface area (Å²) in [5, 5.41) is 9.62. The van der Waals surface area contributed by atoms with E-state index in [1.807, 2.05) is 6.07 Å². The number of nitrogens with zero attached hydrogens (tertiary/aromatic N) is 3. The van der Waals surface area contributed by atoms with Gasteiger partial charge >= 0.3 is 6.36 Å². The van der Waals surface area contributed by atoms with E-state index in [1.54, 1.807) is 12.3 Å². The van der Waals surface area contributed by atoms with E-state index in [4.69, 9.17) is 0 Å². The fourth-order valence-corrected chi connectivity index (χ4v) is 4.38. The maximum atomic E-state index is 12.8. The van der Waals surface area contributed by atoms with Crippen molar-refractivity contribution in [2.75, 3.05) is 23.3 Å². The van der Waals surface area contributed by atoms with Crippen molar-refractivity contribution < 1.29 is 22.7 Å². The Kier molecular flexibility index (Phi) is 4.79. The van der Waals surface area contributed by atoms with E-state index in [-0.39, 0.29) is 5.75 Å². The zero-order valence-corrected chi connectivity index (χ0v) is 17.1. The van der Waals surface area contributed by atoms with Gasteiger partial charge in [-0.3, -0.25) is 9.89 Å². The Morgan fingerprint density at radius 1 is 1.19 bits per heavy atom. The number of rotatable bonds is 5. The maximum absolute atomic E-state index is 12.8. The summed E-state index contributed by atoms with van der Waals surface area (Å²) in [4.78, 5) is 19.6. The quantitative estimate of drug-likeness (QED) is 0.614. The summed E-state index contributed by atoms with van der Waals surface area (Å²) in [6, 6.07) is 8.53. The van der Waals surface area contributed by atoms with Gasteiger partial charge in [-0.1, -0.05) is 6.92 Å². The Hall–Kier alpha value is -3.56. The van der Waals surface area contributed by atoms with Gasteiger partial charge in [0.1, 0.15) is 11.6 Å². The monoisotopic (exact) mass is 443 g/mol. The van der Waals surface area contributed by atoms with E-state index in [0.717, 1.165) is 48.2 Å². The topological polar surface area (TPSA) is 83.1 Å². The maximum Gasteiger partial charge on any atom is 0.573 e. The lowest BCUT2D eigenvalue weighted by atomic mass is 10.1. The van der Waals surface area contributed by atoms with Crippen LogP contribution >= 0.6 is 0 Å². The number of nitrogens with one attached hydrogen (secondary N) is 2. The number of fused-ring (bicyclic) bond motifs is 1. The molecule has 2 aromatic heterocycles. The largest absolute Gasteiger partial charge is 0.573 e. The first-order chi connectivity index (χ1) is 15.3. The molecule has 0 unspecified atom stereocenters. The lowest BCUT2D eigenvalue weighted by molar-refractivity contribution is -0.274. The Morgan fingerprint density at radius 2 is 1.91 bits per heavy atom. The molecule has 10 heteroatoms. The van der Waals surface area contributed by atoms with Gasteiger partial charge in [0.25, 0.3) is 5.91 Å². The third-order valence-corrected chi connectivity index (χ3v) is 6.19. The molecule has 2 N–H and O–H groups in total. The molecule has 1 aliphatic carbocycles. The van der Waals surface area contributed by atoms with Gasteiger partial charge in [0, 0.05) is 36.7 Å². The zero-order chi connectivity index (χ0) is 22.5. The van der Waals surface area contributed by atoms with E-state index in [1.165, 1.54) is 18.3 Å². The SMILES string of the molecule is C[C@@H]1[C@H]2CN(c3ncc(C(=O)Nc4ccc(OC(F)(F)F)cc4)cc3-c3ccn[nH]3)C[C@@H]12. The first-order valence-electron chi connectivity index (χ1n) is 10.2. The average molecular weight is 443 g/mol. The number of anilines is 2. The lowest BCUT2D eigenvalue weighted by Crippen LogP contribution is -2.25. The normalized spacial score (nSPS) is 21.9. The van der Waals surface area contributed by atoms with Crippen LogP contribution in [-0.4, -0.2) is 40.5 Å². The molecule has 32 heavy (non-hydrogen) atoms. The van der Waals surface area contributed by atoms with E-state index >= 15 is 0 Å². The minimum atomic E-state index is -4.77. The molecule has 2 aliphatic rings. The van der Waals surface area contributed by atoms with Crippen LogP contribution in [0, 0.1) is 17.8 Å². The predicted molar refractivity (Wildman–Crippen MR) is 111 cm³/mol. The molecule has 3 heterocycles. The Labute approximate surface area is 181 Å². The van der Waals surface area contributed by atoms with E-state index in [2.05, 4.69) is 37.1 Å². The number of carbonyl (C=O) groups is 1. The van der Waals surface area contributed by atoms with Crippen LogP contribution in [0.4, 0.5) is 24.7 Å². The zero-order valence-electron chi connectivity index (χ0n) is 17.1. The highest BCUT2D eigenvalue weighted by molar-refractivity contribution is 6.05. The number of halogens is 3. The number of hydrogen-bond donors (Lipinski definition) is 2. The lowest BCUT2D eigenvalue weighted by Gasteiger charge is -2.23. The molecule has 1 aromatic carbocycles. The van der Waals surface area contributed by atoms with Crippen molar-refractivity contribution in [3.8, 4) is 17.0 Å². The van der Waals surface area contributed by atoms with Crippen LogP contribution in [0.2, 0.25) is 0 Å². The van der Waals surface area contributed by atoms with Crippen molar-refractivity contribution >= 4 is 17.4 Å². The molecule has 7 nitrogen and oxygen atoms in total. The highest BCUT2D eigenvalue weighted by atomic mass is 19.4. The van der Waals surface area contributed by atoms with Crippen LogP contribution in [0.25, 0.3) is 11.3 Å². The fraction of sp³-hybridized carbons (Fsp3) is 0.318. The summed E-state index contributed by atoms with van der Waals surface area (Å²) in [6.07, 6.45) is -1.62. The van der Waals surface area contributed by atoms with Crippen LogP contribution in [0.1, 0.15) is 17.3 Å². The van der Waals surface area contributed by atoms with Crippen molar-refractivity contribution in [2.24, 2.45) is 17.8 Å². The molecule has 0 spiro atoms. The third kappa shape index (κ3) is 4.00. The summed E-state index contributed by atoms with van der Waals surface area (Å²) < 4.78 is 40.8. The van der Waals surface area contributed by atoms with Gasteiger partial charge < -0.3 is 15.0 Å². The average Bonchev–Trinajstić information content (AvgIpc) is 3.20. The molecular formula is C22H20F3N5O2. The number of piperidine rings is 1. The Bertz CT molecular complexity index is 1120. The number of pyridine rings is 1. The van der Waals surface area contributed by atoms with Gasteiger partial charge in [-0.2, -0.15) is 5.10 Å². The first kappa shape index (κ1) is 20.3. The molecule has 2 fully saturated rings. The molecule has 0 radical (unpaired) electrons. The van der Waals surface area contributed by atoms with Gasteiger partial charge in [0.2, 0.25) is 0 Å². The molecule has 1 saturated carbocycles. The number of ether oxygens (including phenoxy) is 1. The van der Waals surface area contributed by atoms with Crippen molar-refractivity contribution in [2.45, 2.75) is 13.3 Å². The van der Waals surface area contributed by atoms with E-state index in [9.17, 15) is 18.0 Å². The number of aromatic nitrogens is 3. The highest BCUT2D eigenvalue weighted by Crippen LogP contribution is 2.52. The van der Waals surface area contributed by atoms with Crippen molar-refractivity contribution in [3.63, 3.8) is 0 Å². The van der Waals surface area contributed by atoms with Gasteiger partial charge in [-0.25, -0.2) is 4.98 Å². The van der Waals surface area contributed by atoms with Crippen LogP contribution in [-0.2, 0) is 0 Å². The fourth-order valence-electron chi connectivity index (χ4n) is 4.38. The summed E-state index contributed by atoms with van der Waals surface area (Å²) in [5.41, 5.74) is 2.19. The van der Waals surface area contributed by atoms with Crippen molar-refractivity contribution in [1.82, 2.24) is 15.2 Å². The van der Waals surface area contributed by atoms with Gasteiger partial charge in [-0.05, 0) is 54.2 Å². The van der Waals surface area contributed by atoms with Crippen LogP contribution in [0.15, 0.2) is 48.8 Å². The van der Waals surface area contributed by atoms with Crippen molar-refractivity contribution in [1.29, 1.82) is 0 Å². The van der Waals surface area contributed by atoms with Crippen molar-refractivity contribution in [3.05, 3.63) is 54.4 Å². The summed E-state index contributed by atoms with van der Waals surface area (Å²) in [5.74, 6) is 2.16. The first-order valence-corrected chi connectivity index (χ1v) is 10.2. The number of benzene rings is 1. The van der Waals surface area contributed by atoms with Crippen LogP contribution in [0.3, 0.4) is 0 Å². The standard InChI is InChI=1S/C22H20F3N5O2/c1-12-17-10-30(11-18(12)17)20-16(19-6-7-27-29-19)8-13(9-26-20)21(31)28-14-2-4-15(5-3-14)32-22(23,24)25/h2-9,12,17-18H,10-11H2,1H3,(H,27,29)(H,28,31)/t12-,17-,18+. The number of H-pyrrole nitrogens is 1. The summed E-state index contributed by atoms with van der Waals surface area (Å²) in [6.45, 7) is 4.15. The molecule has 1 saturated heterocycles. The van der Waals surface area contributed by atoms with Gasteiger partial charge in [0.15, 0.2) is 0 Å². The number of amides is 1. The predicted octanol–water partition coefficient (Wildman–Crippen LogP) is 4.32. The highest BCUT2D eigenvalue weighted by Gasteiger charge is 2.53. The molecule has 0 bridgehead atoms. The van der Waals surface area contributed by atoms with E-state index in [0.29, 0.717) is 23.1 Å². The van der Waals surface area contributed by atoms with Gasteiger partial charge in [-0.15, -0.1) is 13.2 Å². The van der Waals surface area contributed by atoms with Crippen LogP contribution in [0.5, 0.6) is 5.75 Å². The van der Waals surface area contributed by atoms with Gasteiger partial charge in [0.05, 0.1) is 11.3 Å². The third-order valence-electron chi connectivity index (χ3n) is 6.19. The molecule has 5 rings (SSSR count). The molecule has 1 amide bonds. The number of hydrogen-bond acceptors (Lipinski definition) is 5. The Morgan fingerprint density at radius 3 is 2.53 bits per heavy atom. The second kappa shape index (κ2) is 7.54. The number of alkyl halides is 3. The minimum Gasteiger partial charge on any atom is -0.406 e. The summed E-state index contributed by atoms with van der Waals surface area (Å²) in [7, 11) is 0. The molecule has 3 atom stereocenters. The summed E-state index contributed by atoms with van der Waals surface area (Å²) >= 11 is 0.